The van der Waals surface area contributed by atoms with Gasteiger partial charge in [0.2, 0.25) is 6.71 Å². The van der Waals surface area contributed by atoms with Gasteiger partial charge in [-0.3, -0.25) is 0 Å². The molecule has 628 valence electrons. The summed E-state index contributed by atoms with van der Waals surface area (Å²) < 4.78 is 152. The van der Waals surface area contributed by atoms with Crippen LogP contribution in [0.2, 0.25) is 0 Å². The Balaban J connectivity index is 0.892. The van der Waals surface area contributed by atoms with Gasteiger partial charge in [0.25, 0.3) is 0 Å². The van der Waals surface area contributed by atoms with Gasteiger partial charge < -0.3 is 23.9 Å². The summed E-state index contributed by atoms with van der Waals surface area (Å²) in [5, 5.41) is 5.88. The molecule has 4 aliphatic rings. The van der Waals surface area contributed by atoms with E-state index in [1.807, 2.05) is 24.3 Å². The van der Waals surface area contributed by atoms with Crippen LogP contribution in [0.15, 0.2) is 376 Å². The van der Waals surface area contributed by atoms with E-state index >= 15 is 0 Å². The molecule has 5 nitrogen and oxygen atoms in total. The quantitative estimate of drug-likeness (QED) is 0.161. The molecule has 1 N–H and O–H groups in total. The Labute approximate surface area is 785 Å². The summed E-state index contributed by atoms with van der Waals surface area (Å²) in [7, 11) is 0. The van der Waals surface area contributed by atoms with E-state index in [2.05, 4.69) is 377 Å². The van der Waals surface area contributed by atoms with Crippen LogP contribution in [-0.2, 0) is 28.1 Å². The number of aromatic nitrogens is 3. The number of anilines is 5. The maximum Gasteiger partial charge on any atom is 0.249 e. The molecule has 0 saturated heterocycles. The van der Waals surface area contributed by atoms with Crippen molar-refractivity contribution in [2.24, 2.45) is 0 Å². The predicted molar refractivity (Wildman–Crippen MR) is 557 cm³/mol. The Morgan fingerprint density at radius 2 is 0.754 bits per heavy atom. The van der Waals surface area contributed by atoms with Crippen LogP contribution < -0.4 is 26.6 Å². The van der Waals surface area contributed by atoms with Gasteiger partial charge >= 0.3 is 0 Å². The normalized spacial score (nSPS) is 16.1. The van der Waals surface area contributed by atoms with Crippen molar-refractivity contribution in [2.45, 2.75) is 118 Å². The number of allylic oxidation sites excluding steroid dienone is 1. The van der Waals surface area contributed by atoms with Crippen molar-refractivity contribution < 1.29 is 20.6 Å². The molecule has 17 aromatic carbocycles. The van der Waals surface area contributed by atoms with Gasteiger partial charge in [-0.15, -0.1) is 0 Å². The molecule has 2 unspecified atom stereocenters. The highest BCUT2D eigenvalue weighted by molar-refractivity contribution is 6.99. The number of hydrogen-bond acceptors (Lipinski definition) is 2. The standard InChI is InChI=1S/C124H104BN5/c1-121(2,3)90-44-31-45-94(70-90)127-114-61-53-85-67-104(114)105-68-86(54-62-115(105)127)84-41-30-43-89(66-84)103-74-93(124(10,11)12)73-102(80-36-20-15-21-37-80)120(103)130-117-75-91(122(4,5)6)55-59-108(117)125(109-60-56-96(77-118(109)130)129-113-51-27-24-48-99(113)106-76-95(57-63-116(106)129)128-111-49-25-22-46-97(111)98-47-23-26-50-112(98)128)107-58-52-87(82-39-28-38-81(64-82)78-32-16-13-17-33-78)69-110(107)126-119-100(79-34-18-14-19-35-79)71-92(123(7,8)9)72-101(119)88-42-29-40-83(85)65-88/h13-25,27-49,51-77,126H,26,50H2,1-12H3/i22D,23D,24D,25D,26D,27D,46D,47D,48D,49D,50D,51D,57D,63D,76D. The molecule has 0 amide bonds. The molecule has 130 heavy (non-hydrogen) atoms. The minimum Gasteiger partial charge on any atom is -0.355 e. The number of rotatable bonds is 7. The van der Waals surface area contributed by atoms with Crippen LogP contribution in [-0.4, -0.2) is 20.4 Å². The lowest BCUT2D eigenvalue weighted by molar-refractivity contribution is 0.590. The minimum atomic E-state index is -1.78. The molecule has 0 spiro atoms. The average molecular weight is 1690 g/mol. The van der Waals surface area contributed by atoms with E-state index in [0.29, 0.717) is 5.69 Å². The van der Waals surface area contributed by atoms with Crippen LogP contribution in [0, 0.1) is 0 Å². The van der Waals surface area contributed by atoms with Crippen LogP contribution in [0.5, 0.6) is 0 Å². The van der Waals surface area contributed by atoms with E-state index in [1.165, 1.54) is 5.56 Å². The van der Waals surface area contributed by atoms with E-state index < -0.39 is 115 Å². The zero-order valence-electron chi connectivity index (χ0n) is 89.9. The first-order chi connectivity index (χ1) is 69.2. The van der Waals surface area contributed by atoms with Gasteiger partial charge in [-0.1, -0.05) is 332 Å². The van der Waals surface area contributed by atoms with E-state index in [1.54, 1.807) is 4.57 Å². The third kappa shape index (κ3) is 13.6. The Kier molecular flexibility index (Phi) is 15.2. The highest BCUT2D eigenvalue weighted by Crippen LogP contribution is 2.53. The fourth-order valence-corrected chi connectivity index (χ4v) is 20.0. The maximum absolute atomic E-state index is 10.9. The van der Waals surface area contributed by atoms with Gasteiger partial charge in [0.1, 0.15) is 0 Å². The Hall–Kier alpha value is -14.7. The largest absolute Gasteiger partial charge is 0.355 e. The molecule has 24 rings (SSSR count). The smallest absolute Gasteiger partial charge is 0.249 e. The molecule has 0 radical (unpaired) electrons. The molecule has 6 heteroatoms. The van der Waals surface area contributed by atoms with Crippen molar-refractivity contribution in [3.8, 4) is 106 Å². The van der Waals surface area contributed by atoms with Crippen molar-refractivity contribution in [1.29, 1.82) is 0 Å². The van der Waals surface area contributed by atoms with Crippen molar-refractivity contribution in [3.05, 3.63) is 409 Å². The summed E-state index contributed by atoms with van der Waals surface area (Å²) in [4.78, 5) is 2.39. The van der Waals surface area contributed by atoms with Gasteiger partial charge in [0.15, 0.2) is 0 Å². The van der Waals surface area contributed by atoms with E-state index in [4.69, 9.17) is 4.11 Å². The molecule has 6 heterocycles. The SMILES string of the molecule is [2H]C1=C([2H])C([2H])C([2H])c2c1c1c([2H])c([2H])c([2H])c([2H])c1n2-c1c([2H])c([2H])c2c(c1[2H])c1c([2H])c([2H])c([2H])c([2H])c1n2-c1ccc2c(c1)N1c3cc(C(C)(C)C)ccc3B2c2ccc(-c3cccc(-c4ccccc4)c3)cc2Nc2c(-c3ccccc3)cc(C(C)(C)C)cc2-c2cccc(c2)-c2ccc3c(c2)c2cc(ccc2n3-c2cccc(C(C)(C)C)c2)-c2cccc(c2)-c2cc(C(C)(C)C)cc(-c3ccccc3)c21. The molecule has 1 aliphatic carbocycles. The summed E-state index contributed by atoms with van der Waals surface area (Å²) in [6, 6.07) is 102. The van der Waals surface area contributed by atoms with Gasteiger partial charge in [-0.05, 0) is 273 Å². The average Bonchev–Trinajstić information content (AvgIpc) is 1.51. The first kappa shape index (κ1) is 64.9. The zero-order valence-corrected chi connectivity index (χ0v) is 74.9. The van der Waals surface area contributed by atoms with Crippen molar-refractivity contribution in [1.82, 2.24) is 13.7 Å². The molecule has 3 aromatic heterocycles. The highest BCUT2D eigenvalue weighted by atomic mass is 15.2. The number of para-hydroxylation sites is 2. The fraction of sp³-hybridized carbons (Fsp3) is 0.145. The monoisotopic (exact) mass is 1690 g/mol. The van der Waals surface area contributed by atoms with Crippen LogP contribution in [0.1, 0.15) is 144 Å². The second kappa shape index (κ2) is 30.5. The van der Waals surface area contributed by atoms with E-state index in [-0.39, 0.29) is 60.5 Å². The lowest BCUT2D eigenvalue weighted by atomic mass is 9.34. The van der Waals surface area contributed by atoms with Crippen LogP contribution in [0.25, 0.3) is 167 Å². The number of benzene rings is 17. The molecule has 3 aliphatic heterocycles. The Morgan fingerprint density at radius 1 is 0.308 bits per heavy atom. The maximum atomic E-state index is 10.9. The molecule has 20 aromatic rings. The molecule has 0 fully saturated rings. The summed E-state index contributed by atoms with van der Waals surface area (Å²) in [6.07, 6.45) is -3.52. The third-order valence-corrected chi connectivity index (χ3v) is 26.9. The molecule has 2 atom stereocenters. The Morgan fingerprint density at radius 3 is 1.38 bits per heavy atom. The molecule has 10 bridgehead atoms. The van der Waals surface area contributed by atoms with E-state index in [9.17, 15) is 16.4 Å². The summed E-state index contributed by atoms with van der Waals surface area (Å²) in [5.74, 6) is 0. The van der Waals surface area contributed by atoms with Gasteiger partial charge in [0.05, 0.1) is 56.8 Å². The number of nitrogens with zero attached hydrogens (tertiary/aromatic N) is 4. The van der Waals surface area contributed by atoms with Crippen molar-refractivity contribution >= 4 is 112 Å². The topological polar surface area (TPSA) is 30.1 Å². The highest BCUT2D eigenvalue weighted by Gasteiger charge is 2.41. The lowest BCUT2D eigenvalue weighted by Crippen LogP contribution is -2.58. The van der Waals surface area contributed by atoms with Gasteiger partial charge in [-0.25, -0.2) is 0 Å². The summed E-state index contributed by atoms with van der Waals surface area (Å²) >= 11 is 0. The van der Waals surface area contributed by atoms with Gasteiger partial charge in [0, 0.05) is 97.3 Å². The van der Waals surface area contributed by atoms with Crippen molar-refractivity contribution in [2.75, 3.05) is 10.2 Å². The van der Waals surface area contributed by atoms with Crippen LogP contribution >= 0.6 is 0 Å². The second-order valence-corrected chi connectivity index (χ2v) is 39.2. The van der Waals surface area contributed by atoms with Gasteiger partial charge in [-0.2, -0.15) is 0 Å². The molecular formula is C124H104BN5. The predicted octanol–water partition coefficient (Wildman–Crippen LogP) is 31.7. The number of hydrogen-bond donors (Lipinski definition) is 1. The van der Waals surface area contributed by atoms with Crippen LogP contribution in [0.3, 0.4) is 0 Å². The Bertz CT molecular complexity index is 8980. The lowest BCUT2D eigenvalue weighted by Gasteiger charge is -2.41. The molecule has 0 saturated carbocycles. The first-order valence-electron chi connectivity index (χ1n) is 52.6. The molecular weight excluding hydrogens is 1570 g/mol. The summed E-state index contributed by atoms with van der Waals surface area (Å²) in [5.41, 5.74) is 26.5. The first-order valence-corrected chi connectivity index (χ1v) is 45.0. The van der Waals surface area contributed by atoms with E-state index in [0.717, 1.165) is 177 Å². The minimum absolute atomic E-state index is 0.147. The zero-order chi connectivity index (χ0) is 101. The number of fused-ring (bicyclic) bond motifs is 6. The second-order valence-electron chi connectivity index (χ2n) is 39.2. The fourth-order valence-electron chi connectivity index (χ4n) is 20.0. The van der Waals surface area contributed by atoms with Crippen molar-refractivity contribution in [3.63, 3.8) is 0 Å². The summed E-state index contributed by atoms with van der Waals surface area (Å²) in [6.45, 7) is 26.3. The third-order valence-electron chi connectivity index (χ3n) is 26.9. The number of nitrogens with one attached hydrogen (secondary N) is 1. The van der Waals surface area contributed by atoms with Crippen LogP contribution in [0.4, 0.5) is 28.4 Å².